The fourth-order valence-corrected chi connectivity index (χ4v) is 3.40. The molecule has 4 aromatic rings. The van der Waals surface area contributed by atoms with Crippen LogP contribution in [0.25, 0.3) is 5.69 Å². The molecule has 0 aliphatic heterocycles. The number of nitrogens with one attached hydrogen (secondary N) is 1. The van der Waals surface area contributed by atoms with E-state index in [2.05, 4.69) is 10.4 Å². The van der Waals surface area contributed by atoms with Crippen LogP contribution in [0.5, 0.6) is 5.75 Å². The summed E-state index contributed by atoms with van der Waals surface area (Å²) in [7, 11) is 1.48. The van der Waals surface area contributed by atoms with Gasteiger partial charge in [0.25, 0.3) is 11.5 Å². The molecule has 35 heavy (non-hydrogen) atoms. The van der Waals surface area contributed by atoms with E-state index in [1.54, 1.807) is 24.3 Å². The minimum Gasteiger partial charge on any atom is -0.497 e. The third kappa shape index (κ3) is 5.16. The van der Waals surface area contributed by atoms with Gasteiger partial charge in [0.05, 0.1) is 13.7 Å². The van der Waals surface area contributed by atoms with E-state index in [4.69, 9.17) is 4.74 Å². The predicted octanol–water partition coefficient (Wildman–Crippen LogP) is 2.66. The van der Waals surface area contributed by atoms with Crippen molar-refractivity contribution in [1.29, 1.82) is 0 Å². The summed E-state index contributed by atoms with van der Waals surface area (Å²) in [4.78, 5) is 39.3. The summed E-state index contributed by atoms with van der Waals surface area (Å²) in [5.74, 6) is -1.55. The van der Waals surface area contributed by atoms with Crippen LogP contribution in [0.3, 0.4) is 0 Å². The zero-order chi connectivity index (χ0) is 24.9. The van der Waals surface area contributed by atoms with Crippen LogP contribution in [0.2, 0.25) is 0 Å². The van der Waals surface area contributed by atoms with Gasteiger partial charge in [-0.15, -0.1) is 0 Å². The summed E-state index contributed by atoms with van der Waals surface area (Å²) in [5.41, 5.74) is -1.55. The molecule has 3 aromatic carbocycles. The lowest BCUT2D eigenvalue weighted by molar-refractivity contribution is 0.0941. The average molecular weight is 478 g/mol. The van der Waals surface area contributed by atoms with Crippen LogP contribution in [-0.4, -0.2) is 27.4 Å². The maximum Gasteiger partial charge on any atom is 0.352 e. The van der Waals surface area contributed by atoms with Crippen molar-refractivity contribution in [2.45, 2.75) is 13.1 Å². The quantitative estimate of drug-likeness (QED) is 0.441. The highest BCUT2D eigenvalue weighted by molar-refractivity contribution is 5.91. The molecule has 0 spiro atoms. The Morgan fingerprint density at radius 1 is 0.971 bits per heavy atom. The Morgan fingerprint density at radius 3 is 2.43 bits per heavy atom. The molecule has 1 amide bonds. The summed E-state index contributed by atoms with van der Waals surface area (Å²) >= 11 is 0. The first kappa shape index (κ1) is 23.6. The summed E-state index contributed by atoms with van der Waals surface area (Å²) < 4.78 is 34.3. The van der Waals surface area contributed by atoms with E-state index in [-0.39, 0.29) is 18.8 Å². The molecule has 1 N–H and O–H groups in total. The number of carbonyl (C=O) groups is 1. The summed E-state index contributed by atoms with van der Waals surface area (Å²) in [6, 6.07) is 17.5. The van der Waals surface area contributed by atoms with Gasteiger partial charge >= 0.3 is 5.69 Å². The van der Waals surface area contributed by atoms with Crippen LogP contribution in [0.1, 0.15) is 21.6 Å². The highest BCUT2D eigenvalue weighted by Gasteiger charge is 2.21. The van der Waals surface area contributed by atoms with E-state index in [9.17, 15) is 23.2 Å². The Bertz CT molecular complexity index is 1500. The van der Waals surface area contributed by atoms with Crippen LogP contribution in [0.15, 0.2) is 82.4 Å². The van der Waals surface area contributed by atoms with Crippen molar-refractivity contribution in [2.24, 2.45) is 0 Å². The van der Waals surface area contributed by atoms with Crippen molar-refractivity contribution in [1.82, 2.24) is 19.7 Å². The van der Waals surface area contributed by atoms with E-state index in [1.165, 1.54) is 49.6 Å². The number of benzene rings is 3. The van der Waals surface area contributed by atoms with Crippen molar-refractivity contribution in [3.63, 3.8) is 0 Å². The molecular formula is C25H20F2N4O4. The van der Waals surface area contributed by atoms with Gasteiger partial charge in [-0.1, -0.05) is 36.4 Å². The van der Waals surface area contributed by atoms with Crippen LogP contribution >= 0.6 is 0 Å². The third-order valence-corrected chi connectivity index (χ3v) is 5.20. The van der Waals surface area contributed by atoms with Crippen molar-refractivity contribution < 1.29 is 18.3 Å². The normalized spacial score (nSPS) is 10.7. The lowest BCUT2D eigenvalue weighted by atomic mass is 10.2. The number of hydrogen-bond acceptors (Lipinski definition) is 5. The molecule has 0 saturated heterocycles. The fraction of sp³-hybridized carbons (Fsp3) is 0.120. The molecule has 4 rings (SSSR count). The second-order valence-corrected chi connectivity index (χ2v) is 7.55. The molecule has 178 valence electrons. The smallest absolute Gasteiger partial charge is 0.352 e. The molecule has 1 heterocycles. The maximum absolute atomic E-state index is 14.5. The lowest BCUT2D eigenvalue weighted by Crippen LogP contribution is -2.46. The standard InChI is InChI=1S/C25H20F2N4O4/c1-35-19-6-4-5-17(13-19)15-30-24(33)22(23(32)28-14-16-9-11-18(26)12-10-16)29-31(25(30)34)21-8-3-2-7-20(21)27/h2-13H,14-15H2,1H3,(H,28,32). The first-order valence-electron chi connectivity index (χ1n) is 10.5. The zero-order valence-corrected chi connectivity index (χ0v) is 18.6. The van der Waals surface area contributed by atoms with Crippen LogP contribution < -0.4 is 21.3 Å². The number of amides is 1. The molecule has 0 unspecified atom stereocenters. The predicted molar refractivity (Wildman–Crippen MR) is 124 cm³/mol. The molecular weight excluding hydrogens is 458 g/mol. The van der Waals surface area contributed by atoms with Gasteiger partial charge in [0, 0.05) is 6.54 Å². The number of rotatable bonds is 7. The number of hydrogen-bond donors (Lipinski definition) is 1. The van der Waals surface area contributed by atoms with Crippen LogP contribution in [0, 0.1) is 11.6 Å². The number of halogens is 2. The Morgan fingerprint density at radius 2 is 1.71 bits per heavy atom. The molecule has 1 aromatic heterocycles. The van der Waals surface area contributed by atoms with Gasteiger partial charge in [-0.05, 0) is 47.5 Å². The first-order chi connectivity index (χ1) is 16.9. The highest BCUT2D eigenvalue weighted by Crippen LogP contribution is 2.13. The molecule has 0 aliphatic rings. The van der Waals surface area contributed by atoms with Crippen molar-refractivity contribution >= 4 is 5.91 Å². The third-order valence-electron chi connectivity index (χ3n) is 5.20. The highest BCUT2D eigenvalue weighted by atomic mass is 19.1. The summed E-state index contributed by atoms with van der Waals surface area (Å²) in [6.45, 7) is -0.223. The average Bonchev–Trinajstić information content (AvgIpc) is 2.87. The van der Waals surface area contributed by atoms with Crippen molar-refractivity contribution in [2.75, 3.05) is 7.11 Å². The van der Waals surface area contributed by atoms with E-state index < -0.39 is 34.5 Å². The second kappa shape index (κ2) is 10.1. The Hall–Kier alpha value is -4.60. The largest absolute Gasteiger partial charge is 0.497 e. The van der Waals surface area contributed by atoms with Gasteiger partial charge in [-0.25, -0.2) is 13.6 Å². The summed E-state index contributed by atoms with van der Waals surface area (Å²) in [6.07, 6.45) is 0. The maximum atomic E-state index is 14.5. The zero-order valence-electron chi connectivity index (χ0n) is 18.6. The number of nitrogens with zero attached hydrogens (tertiary/aromatic N) is 3. The molecule has 0 atom stereocenters. The molecule has 8 nitrogen and oxygen atoms in total. The van der Waals surface area contributed by atoms with Gasteiger partial charge in [0.1, 0.15) is 23.1 Å². The summed E-state index contributed by atoms with van der Waals surface area (Å²) in [5, 5.41) is 6.43. The van der Waals surface area contributed by atoms with Crippen molar-refractivity contribution in [3.05, 3.63) is 122 Å². The number of ether oxygens (including phenoxy) is 1. The molecule has 10 heteroatoms. The van der Waals surface area contributed by atoms with Gasteiger partial charge in [0.15, 0.2) is 0 Å². The number of para-hydroxylation sites is 1. The van der Waals surface area contributed by atoms with Gasteiger partial charge in [-0.2, -0.15) is 9.78 Å². The van der Waals surface area contributed by atoms with E-state index in [0.29, 0.717) is 21.6 Å². The fourth-order valence-electron chi connectivity index (χ4n) is 3.40. The Kier molecular flexibility index (Phi) is 6.81. The minimum absolute atomic E-state index is 0.0189. The second-order valence-electron chi connectivity index (χ2n) is 7.55. The Balaban J connectivity index is 1.78. The SMILES string of the molecule is COc1cccc(Cn2c(=O)c(C(=O)NCc3ccc(F)cc3)nn(-c3ccccc3F)c2=O)c1. The lowest BCUT2D eigenvalue weighted by Gasteiger charge is -2.13. The number of carbonyl (C=O) groups excluding carboxylic acids is 1. The monoisotopic (exact) mass is 478 g/mol. The van der Waals surface area contributed by atoms with E-state index in [1.807, 2.05) is 0 Å². The van der Waals surface area contributed by atoms with Gasteiger partial charge < -0.3 is 10.1 Å². The van der Waals surface area contributed by atoms with E-state index >= 15 is 0 Å². The molecule has 0 aliphatic carbocycles. The van der Waals surface area contributed by atoms with E-state index in [0.717, 1.165) is 10.6 Å². The minimum atomic E-state index is -0.943. The van der Waals surface area contributed by atoms with Gasteiger partial charge in [-0.3, -0.25) is 14.2 Å². The first-order valence-corrected chi connectivity index (χ1v) is 10.5. The van der Waals surface area contributed by atoms with Gasteiger partial charge in [0.2, 0.25) is 5.69 Å². The number of methoxy groups -OCH3 is 1. The molecule has 0 saturated carbocycles. The van der Waals surface area contributed by atoms with Crippen LogP contribution in [-0.2, 0) is 13.1 Å². The topological polar surface area (TPSA) is 95.2 Å². The Labute approximate surface area is 198 Å². The molecule has 0 radical (unpaired) electrons. The number of aromatic nitrogens is 3. The van der Waals surface area contributed by atoms with Crippen LogP contribution in [0.4, 0.5) is 8.78 Å². The van der Waals surface area contributed by atoms with Crippen molar-refractivity contribution in [3.8, 4) is 11.4 Å². The molecule has 0 bridgehead atoms. The molecule has 0 fully saturated rings.